The van der Waals surface area contributed by atoms with E-state index in [2.05, 4.69) is 10.2 Å². The highest BCUT2D eigenvalue weighted by atomic mass is 16.3. The standard InChI is InChI=1S/C10H8N2O/c1-2-5-9(6-3-1)11-12-10-7-4-8-13-10/h1-8H. The van der Waals surface area contributed by atoms with E-state index in [0.29, 0.717) is 5.88 Å². The molecule has 0 amide bonds. The van der Waals surface area contributed by atoms with Crippen LogP contribution in [-0.4, -0.2) is 0 Å². The fourth-order valence-corrected chi connectivity index (χ4v) is 0.928. The number of rotatable bonds is 2. The normalized spacial score (nSPS) is 10.8. The highest BCUT2D eigenvalue weighted by Gasteiger charge is 1.89. The highest BCUT2D eigenvalue weighted by Crippen LogP contribution is 2.17. The summed E-state index contributed by atoms with van der Waals surface area (Å²) in [5, 5.41) is 7.87. The summed E-state index contributed by atoms with van der Waals surface area (Å²) in [7, 11) is 0. The van der Waals surface area contributed by atoms with Gasteiger partial charge in [-0.3, -0.25) is 0 Å². The molecule has 0 aliphatic rings. The SMILES string of the molecule is c1ccc(N=Nc2ccco2)cc1. The lowest BCUT2D eigenvalue weighted by molar-refractivity contribution is 0.572. The number of benzene rings is 1. The number of furan rings is 1. The molecule has 0 radical (unpaired) electrons. The van der Waals surface area contributed by atoms with E-state index in [0.717, 1.165) is 5.69 Å². The predicted molar refractivity (Wildman–Crippen MR) is 49.3 cm³/mol. The van der Waals surface area contributed by atoms with Crippen molar-refractivity contribution < 1.29 is 4.42 Å². The van der Waals surface area contributed by atoms with E-state index in [9.17, 15) is 0 Å². The Kier molecular flexibility index (Phi) is 2.18. The van der Waals surface area contributed by atoms with Gasteiger partial charge in [-0.05, 0) is 18.2 Å². The Morgan fingerprint density at radius 1 is 0.846 bits per heavy atom. The van der Waals surface area contributed by atoms with Gasteiger partial charge < -0.3 is 4.42 Å². The molecule has 0 saturated heterocycles. The molecule has 3 nitrogen and oxygen atoms in total. The van der Waals surface area contributed by atoms with Crippen LogP contribution < -0.4 is 0 Å². The predicted octanol–water partition coefficient (Wildman–Crippen LogP) is 3.70. The van der Waals surface area contributed by atoms with E-state index >= 15 is 0 Å². The Labute approximate surface area is 75.7 Å². The Balaban J connectivity index is 2.15. The van der Waals surface area contributed by atoms with Gasteiger partial charge in [0, 0.05) is 6.07 Å². The second kappa shape index (κ2) is 3.67. The average molecular weight is 172 g/mol. The third-order valence-electron chi connectivity index (χ3n) is 1.53. The van der Waals surface area contributed by atoms with Crippen molar-refractivity contribution in [1.29, 1.82) is 0 Å². The number of hydrogen-bond acceptors (Lipinski definition) is 3. The summed E-state index contributed by atoms with van der Waals surface area (Å²) in [6, 6.07) is 13.1. The van der Waals surface area contributed by atoms with Crippen LogP contribution in [0.25, 0.3) is 0 Å². The lowest BCUT2D eigenvalue weighted by Gasteiger charge is -1.87. The van der Waals surface area contributed by atoms with Gasteiger partial charge in [-0.15, -0.1) is 10.2 Å². The maximum Gasteiger partial charge on any atom is 0.238 e. The van der Waals surface area contributed by atoms with Crippen molar-refractivity contribution in [2.45, 2.75) is 0 Å². The van der Waals surface area contributed by atoms with Crippen LogP contribution in [0.3, 0.4) is 0 Å². The van der Waals surface area contributed by atoms with Crippen LogP contribution in [0, 0.1) is 0 Å². The van der Waals surface area contributed by atoms with Gasteiger partial charge in [0.1, 0.15) is 0 Å². The lowest BCUT2D eigenvalue weighted by Crippen LogP contribution is -1.59. The van der Waals surface area contributed by atoms with Crippen LogP contribution in [0.2, 0.25) is 0 Å². The molecule has 0 unspecified atom stereocenters. The maximum atomic E-state index is 4.99. The van der Waals surface area contributed by atoms with E-state index in [-0.39, 0.29) is 0 Å². The Bertz CT molecular complexity index is 379. The molecule has 1 aromatic carbocycles. The molecule has 0 bridgehead atoms. The molecule has 0 aliphatic heterocycles. The average Bonchev–Trinajstić information content (AvgIpc) is 2.69. The summed E-state index contributed by atoms with van der Waals surface area (Å²) >= 11 is 0. The van der Waals surface area contributed by atoms with Crippen molar-refractivity contribution >= 4 is 11.6 Å². The summed E-state index contributed by atoms with van der Waals surface area (Å²) in [5.41, 5.74) is 0.818. The minimum absolute atomic E-state index is 0.517. The van der Waals surface area contributed by atoms with Crippen LogP contribution in [-0.2, 0) is 0 Å². The molecule has 1 aromatic heterocycles. The summed E-state index contributed by atoms with van der Waals surface area (Å²) < 4.78 is 4.99. The Hall–Kier alpha value is -1.90. The van der Waals surface area contributed by atoms with Crippen LogP contribution in [0.4, 0.5) is 11.6 Å². The molecule has 0 saturated carbocycles. The second-order valence-electron chi connectivity index (χ2n) is 2.49. The fourth-order valence-electron chi connectivity index (χ4n) is 0.928. The highest BCUT2D eigenvalue weighted by molar-refractivity contribution is 5.35. The molecule has 0 fully saturated rings. The third-order valence-corrected chi connectivity index (χ3v) is 1.53. The van der Waals surface area contributed by atoms with E-state index in [4.69, 9.17) is 4.42 Å². The molecular formula is C10H8N2O. The number of hydrogen-bond donors (Lipinski definition) is 0. The van der Waals surface area contributed by atoms with Crippen molar-refractivity contribution in [2.75, 3.05) is 0 Å². The summed E-state index contributed by atoms with van der Waals surface area (Å²) in [4.78, 5) is 0. The summed E-state index contributed by atoms with van der Waals surface area (Å²) in [6.07, 6.45) is 1.57. The van der Waals surface area contributed by atoms with Crippen molar-refractivity contribution in [1.82, 2.24) is 0 Å². The van der Waals surface area contributed by atoms with E-state index < -0.39 is 0 Å². The van der Waals surface area contributed by atoms with Gasteiger partial charge in [0.05, 0.1) is 12.0 Å². The topological polar surface area (TPSA) is 37.9 Å². The second-order valence-corrected chi connectivity index (χ2v) is 2.49. The van der Waals surface area contributed by atoms with E-state index in [1.165, 1.54) is 0 Å². The zero-order chi connectivity index (χ0) is 8.93. The third kappa shape index (κ3) is 2.02. The molecule has 3 heteroatoms. The summed E-state index contributed by atoms with van der Waals surface area (Å²) in [6.45, 7) is 0. The molecule has 64 valence electrons. The minimum Gasteiger partial charge on any atom is -0.445 e. The Morgan fingerprint density at radius 3 is 2.38 bits per heavy atom. The van der Waals surface area contributed by atoms with Gasteiger partial charge in [0.15, 0.2) is 0 Å². The van der Waals surface area contributed by atoms with Crippen LogP contribution in [0.5, 0.6) is 0 Å². The van der Waals surface area contributed by atoms with Gasteiger partial charge >= 0.3 is 0 Å². The van der Waals surface area contributed by atoms with Crippen molar-refractivity contribution in [3.05, 3.63) is 48.7 Å². The lowest BCUT2D eigenvalue weighted by atomic mass is 10.3. The largest absolute Gasteiger partial charge is 0.445 e. The molecule has 1 heterocycles. The monoisotopic (exact) mass is 172 g/mol. The molecule has 0 aliphatic carbocycles. The zero-order valence-corrected chi connectivity index (χ0v) is 6.92. The molecule has 0 N–H and O–H groups in total. The molecule has 2 aromatic rings. The molecule has 0 atom stereocenters. The smallest absolute Gasteiger partial charge is 0.238 e. The first-order valence-electron chi connectivity index (χ1n) is 3.95. The first-order chi connectivity index (χ1) is 6.45. The van der Waals surface area contributed by atoms with Crippen molar-refractivity contribution in [2.24, 2.45) is 10.2 Å². The minimum atomic E-state index is 0.517. The fraction of sp³-hybridized carbons (Fsp3) is 0. The van der Waals surface area contributed by atoms with Gasteiger partial charge in [0.25, 0.3) is 0 Å². The zero-order valence-electron chi connectivity index (χ0n) is 6.92. The van der Waals surface area contributed by atoms with Gasteiger partial charge in [0.2, 0.25) is 5.88 Å². The molecular weight excluding hydrogens is 164 g/mol. The van der Waals surface area contributed by atoms with Gasteiger partial charge in [-0.25, -0.2) is 0 Å². The van der Waals surface area contributed by atoms with Crippen LogP contribution >= 0.6 is 0 Å². The molecule has 13 heavy (non-hydrogen) atoms. The number of azo groups is 1. The van der Waals surface area contributed by atoms with Crippen molar-refractivity contribution in [3.63, 3.8) is 0 Å². The van der Waals surface area contributed by atoms with Crippen molar-refractivity contribution in [3.8, 4) is 0 Å². The molecule has 2 rings (SSSR count). The maximum absolute atomic E-state index is 4.99. The number of nitrogens with zero attached hydrogens (tertiary/aromatic N) is 2. The van der Waals surface area contributed by atoms with Crippen LogP contribution in [0.15, 0.2) is 63.4 Å². The molecule has 0 spiro atoms. The Morgan fingerprint density at radius 2 is 1.69 bits per heavy atom. The van der Waals surface area contributed by atoms with E-state index in [1.54, 1.807) is 18.4 Å². The first kappa shape index (κ1) is 7.73. The quantitative estimate of drug-likeness (QED) is 0.636. The summed E-state index contributed by atoms with van der Waals surface area (Å²) in [5.74, 6) is 0.517. The van der Waals surface area contributed by atoms with Gasteiger partial charge in [-0.2, -0.15) is 0 Å². The van der Waals surface area contributed by atoms with Gasteiger partial charge in [-0.1, -0.05) is 18.2 Å². The van der Waals surface area contributed by atoms with E-state index in [1.807, 2.05) is 30.3 Å². The first-order valence-corrected chi connectivity index (χ1v) is 3.95. The van der Waals surface area contributed by atoms with Crippen LogP contribution in [0.1, 0.15) is 0 Å².